The van der Waals surface area contributed by atoms with Crippen LogP contribution in [0.15, 0.2) is 12.1 Å². The van der Waals surface area contributed by atoms with Gasteiger partial charge in [-0.2, -0.15) is 5.26 Å². The van der Waals surface area contributed by atoms with Crippen LogP contribution in [0.3, 0.4) is 0 Å². The lowest BCUT2D eigenvalue weighted by Gasteiger charge is -2.19. The first-order valence-corrected chi connectivity index (χ1v) is 5.70. The fraction of sp³-hybridized carbons (Fsp3) is 0.500. The van der Waals surface area contributed by atoms with Crippen LogP contribution in [0.25, 0.3) is 0 Å². The molecule has 1 aromatic carbocycles. The minimum absolute atomic E-state index is 0.385. The number of aryl methyl sites for hydroxylation is 2. The smallest absolute Gasteiger partial charge is 0.142 e. The third kappa shape index (κ3) is 3.39. The number of anilines is 1. The van der Waals surface area contributed by atoms with Crippen molar-refractivity contribution in [1.82, 2.24) is 0 Å². The zero-order chi connectivity index (χ0) is 13.1. The summed E-state index contributed by atoms with van der Waals surface area (Å²) in [4.78, 5) is 0. The normalized spacial score (nSPS) is 10.8. The van der Waals surface area contributed by atoms with Gasteiger partial charge in [-0.3, -0.25) is 0 Å². The van der Waals surface area contributed by atoms with Gasteiger partial charge < -0.3 is 10.1 Å². The molecule has 0 amide bonds. The van der Waals surface area contributed by atoms with Crippen LogP contribution in [0.1, 0.15) is 25.0 Å². The van der Waals surface area contributed by atoms with Crippen LogP contribution in [0.5, 0.6) is 5.75 Å². The van der Waals surface area contributed by atoms with Crippen molar-refractivity contribution in [2.75, 3.05) is 19.0 Å². The molecule has 92 valence electrons. The van der Waals surface area contributed by atoms with Crippen LogP contribution in [-0.2, 0) is 0 Å². The van der Waals surface area contributed by atoms with Gasteiger partial charge in [-0.05, 0) is 51.0 Å². The molecule has 1 aromatic rings. The van der Waals surface area contributed by atoms with Gasteiger partial charge in [-0.1, -0.05) is 0 Å². The highest BCUT2D eigenvalue weighted by Gasteiger charge is 2.17. The first-order valence-electron chi connectivity index (χ1n) is 5.70. The van der Waals surface area contributed by atoms with Crippen LogP contribution >= 0.6 is 0 Å². The summed E-state index contributed by atoms with van der Waals surface area (Å²) in [7, 11) is 1.66. The summed E-state index contributed by atoms with van der Waals surface area (Å²) in [5, 5.41) is 12.3. The van der Waals surface area contributed by atoms with Crippen LogP contribution in [0, 0.1) is 30.6 Å². The monoisotopic (exact) mass is 232 g/mol. The Labute approximate surface area is 103 Å². The molecule has 0 aliphatic rings. The summed E-state index contributed by atoms with van der Waals surface area (Å²) >= 11 is 0. The Morgan fingerprint density at radius 1 is 1.29 bits per heavy atom. The van der Waals surface area contributed by atoms with Crippen LogP contribution in [0.4, 0.5) is 5.69 Å². The number of nitrogens with zero attached hydrogens (tertiary/aromatic N) is 1. The highest BCUT2D eigenvalue weighted by Crippen LogP contribution is 2.29. The van der Waals surface area contributed by atoms with Crippen LogP contribution in [0.2, 0.25) is 0 Å². The Bertz CT molecular complexity index is 444. The van der Waals surface area contributed by atoms with Crippen molar-refractivity contribution in [3.05, 3.63) is 23.3 Å². The zero-order valence-corrected chi connectivity index (χ0v) is 11.2. The minimum atomic E-state index is -0.385. The molecular weight excluding hydrogens is 212 g/mol. The lowest BCUT2D eigenvalue weighted by molar-refractivity contribution is 0.415. The first kappa shape index (κ1) is 13.4. The summed E-state index contributed by atoms with van der Waals surface area (Å²) < 4.78 is 5.33. The molecule has 3 heteroatoms. The third-order valence-electron chi connectivity index (χ3n) is 2.84. The van der Waals surface area contributed by atoms with Crippen molar-refractivity contribution in [3.63, 3.8) is 0 Å². The fourth-order valence-corrected chi connectivity index (χ4v) is 1.45. The average Bonchev–Trinajstić information content (AvgIpc) is 2.30. The molecule has 0 fully saturated rings. The molecule has 0 atom stereocenters. The SMILES string of the molecule is COc1cc(C)c(C)cc1NCC(C)(C)C#N. The molecule has 0 saturated carbocycles. The lowest BCUT2D eigenvalue weighted by atomic mass is 9.96. The van der Waals surface area contributed by atoms with Gasteiger partial charge >= 0.3 is 0 Å². The summed E-state index contributed by atoms with van der Waals surface area (Å²) in [5.74, 6) is 0.821. The maximum Gasteiger partial charge on any atom is 0.142 e. The number of rotatable bonds is 4. The quantitative estimate of drug-likeness (QED) is 0.866. The van der Waals surface area contributed by atoms with Crippen molar-refractivity contribution in [1.29, 1.82) is 5.26 Å². The second-order valence-electron chi connectivity index (χ2n) is 4.99. The van der Waals surface area contributed by atoms with Gasteiger partial charge in [0.05, 0.1) is 24.3 Å². The maximum atomic E-state index is 8.98. The average molecular weight is 232 g/mol. The molecule has 0 spiro atoms. The van der Waals surface area contributed by atoms with E-state index in [1.807, 2.05) is 19.9 Å². The van der Waals surface area contributed by atoms with E-state index in [1.54, 1.807) is 7.11 Å². The molecule has 0 unspecified atom stereocenters. The lowest BCUT2D eigenvalue weighted by Crippen LogP contribution is -2.21. The maximum absolute atomic E-state index is 8.98. The Morgan fingerprint density at radius 2 is 1.88 bits per heavy atom. The Kier molecular flexibility index (Phi) is 4.01. The molecule has 3 nitrogen and oxygen atoms in total. The summed E-state index contributed by atoms with van der Waals surface area (Å²) in [6, 6.07) is 6.34. The van der Waals surface area contributed by atoms with E-state index in [1.165, 1.54) is 11.1 Å². The van der Waals surface area contributed by atoms with Gasteiger partial charge in [-0.25, -0.2) is 0 Å². The van der Waals surface area contributed by atoms with Crippen LogP contribution in [-0.4, -0.2) is 13.7 Å². The van der Waals surface area contributed by atoms with E-state index in [0.717, 1.165) is 11.4 Å². The van der Waals surface area contributed by atoms with Gasteiger partial charge in [0.1, 0.15) is 5.75 Å². The topological polar surface area (TPSA) is 45.0 Å². The number of methoxy groups -OCH3 is 1. The summed E-state index contributed by atoms with van der Waals surface area (Å²) in [6.45, 7) is 8.54. The van der Waals surface area contributed by atoms with Gasteiger partial charge in [-0.15, -0.1) is 0 Å². The second-order valence-corrected chi connectivity index (χ2v) is 4.99. The first-order chi connectivity index (χ1) is 7.89. The third-order valence-corrected chi connectivity index (χ3v) is 2.84. The molecule has 0 radical (unpaired) electrons. The van der Waals surface area contributed by atoms with Crippen LogP contribution < -0.4 is 10.1 Å². The Balaban J connectivity index is 2.92. The predicted octanol–water partition coefficient (Wildman–Crippen LogP) is 3.27. The molecule has 0 aliphatic heterocycles. The van der Waals surface area contributed by atoms with Gasteiger partial charge in [0, 0.05) is 6.54 Å². The Morgan fingerprint density at radius 3 is 2.41 bits per heavy atom. The van der Waals surface area contributed by atoms with Gasteiger partial charge in [0.15, 0.2) is 0 Å². The molecule has 0 aliphatic carbocycles. The van der Waals surface area contributed by atoms with E-state index in [0.29, 0.717) is 6.54 Å². The van der Waals surface area contributed by atoms with Crippen molar-refractivity contribution < 1.29 is 4.74 Å². The number of nitrogens with one attached hydrogen (secondary N) is 1. The second kappa shape index (κ2) is 5.09. The van der Waals surface area contributed by atoms with E-state index in [2.05, 4.69) is 31.3 Å². The highest BCUT2D eigenvalue weighted by atomic mass is 16.5. The predicted molar refractivity (Wildman–Crippen MR) is 70.4 cm³/mol. The summed E-state index contributed by atoms with van der Waals surface area (Å²) in [6.07, 6.45) is 0. The van der Waals surface area contributed by atoms with Crippen molar-refractivity contribution in [2.24, 2.45) is 5.41 Å². The molecule has 17 heavy (non-hydrogen) atoms. The van der Waals surface area contributed by atoms with E-state index in [4.69, 9.17) is 10.00 Å². The van der Waals surface area contributed by atoms with Crippen molar-refractivity contribution in [3.8, 4) is 11.8 Å². The molecule has 0 aromatic heterocycles. The molecule has 0 heterocycles. The molecule has 1 N–H and O–H groups in total. The molecule has 0 bridgehead atoms. The number of nitriles is 1. The standard InChI is InChI=1S/C14H20N2O/c1-10-6-12(13(17-5)7-11(10)2)16-9-14(3,4)8-15/h6-7,16H,9H2,1-5H3. The number of hydrogen-bond acceptors (Lipinski definition) is 3. The molecule has 1 rings (SSSR count). The Hall–Kier alpha value is -1.69. The number of hydrogen-bond donors (Lipinski definition) is 1. The number of ether oxygens (including phenoxy) is 1. The molecular formula is C14H20N2O. The molecule has 0 saturated heterocycles. The van der Waals surface area contributed by atoms with E-state index >= 15 is 0 Å². The van der Waals surface area contributed by atoms with Crippen molar-refractivity contribution >= 4 is 5.69 Å². The largest absolute Gasteiger partial charge is 0.495 e. The van der Waals surface area contributed by atoms with Crippen molar-refractivity contribution in [2.45, 2.75) is 27.7 Å². The van der Waals surface area contributed by atoms with Gasteiger partial charge in [0.2, 0.25) is 0 Å². The van der Waals surface area contributed by atoms with E-state index < -0.39 is 0 Å². The highest BCUT2D eigenvalue weighted by molar-refractivity contribution is 5.60. The minimum Gasteiger partial charge on any atom is -0.495 e. The van der Waals surface area contributed by atoms with Gasteiger partial charge in [0.25, 0.3) is 0 Å². The fourth-order valence-electron chi connectivity index (χ4n) is 1.45. The zero-order valence-electron chi connectivity index (χ0n) is 11.2. The van der Waals surface area contributed by atoms with E-state index in [-0.39, 0.29) is 5.41 Å². The number of benzene rings is 1. The summed E-state index contributed by atoms with van der Waals surface area (Å²) in [5.41, 5.74) is 2.97. The van der Waals surface area contributed by atoms with E-state index in [9.17, 15) is 0 Å².